The number of unbranched alkanes of at least 4 members (excludes halogenated alkanes) is 2. The molecule has 1 aliphatic rings. The van der Waals surface area contributed by atoms with Crippen LogP contribution in [0.3, 0.4) is 0 Å². The van der Waals surface area contributed by atoms with E-state index in [0.29, 0.717) is 5.57 Å². The summed E-state index contributed by atoms with van der Waals surface area (Å²) in [6, 6.07) is 0. The van der Waals surface area contributed by atoms with Crippen LogP contribution in [0.15, 0.2) is 24.3 Å². The van der Waals surface area contributed by atoms with Crippen molar-refractivity contribution in [2.24, 2.45) is 5.92 Å². The molecule has 3 heteroatoms. The van der Waals surface area contributed by atoms with Gasteiger partial charge in [-0.2, -0.15) is 0 Å². The normalized spacial score (nSPS) is 27.0. The van der Waals surface area contributed by atoms with Crippen LogP contribution in [0.2, 0.25) is 0 Å². The Bertz CT molecular complexity index is 307. The predicted octanol–water partition coefficient (Wildman–Crippen LogP) is 1.99. The molecule has 96 valence electrons. The van der Waals surface area contributed by atoms with E-state index in [1.165, 1.54) is 0 Å². The highest BCUT2D eigenvalue weighted by Crippen LogP contribution is 2.28. The predicted molar refractivity (Wildman–Crippen MR) is 67.5 cm³/mol. The molecule has 1 fully saturated rings. The molecule has 0 aliphatic heterocycles. The molecule has 1 saturated carbocycles. The maximum absolute atomic E-state index is 11.3. The van der Waals surface area contributed by atoms with Crippen LogP contribution >= 0.6 is 0 Å². The fraction of sp³-hybridized carbons (Fsp3) is 0.643. The summed E-state index contributed by atoms with van der Waals surface area (Å²) in [4.78, 5) is 11.3. The van der Waals surface area contributed by atoms with Gasteiger partial charge in [-0.1, -0.05) is 44.9 Å². The van der Waals surface area contributed by atoms with Gasteiger partial charge in [-0.05, 0) is 12.0 Å². The molecule has 2 N–H and O–H groups in total. The molecule has 0 heterocycles. The zero-order valence-corrected chi connectivity index (χ0v) is 10.4. The topological polar surface area (TPSA) is 57.5 Å². The average molecular weight is 238 g/mol. The maximum atomic E-state index is 11.3. The quantitative estimate of drug-likeness (QED) is 0.422. The van der Waals surface area contributed by atoms with Gasteiger partial charge in [-0.3, -0.25) is 4.79 Å². The van der Waals surface area contributed by atoms with Crippen molar-refractivity contribution in [1.82, 2.24) is 0 Å². The second-order valence-electron chi connectivity index (χ2n) is 4.69. The van der Waals surface area contributed by atoms with E-state index in [4.69, 9.17) is 0 Å². The minimum Gasteiger partial charge on any atom is -0.392 e. The zero-order chi connectivity index (χ0) is 12.8. The molecule has 1 aliphatic carbocycles. The number of ketones is 1. The van der Waals surface area contributed by atoms with Crippen molar-refractivity contribution < 1.29 is 15.0 Å². The minimum atomic E-state index is -0.672. The highest BCUT2D eigenvalue weighted by Gasteiger charge is 2.33. The van der Waals surface area contributed by atoms with Gasteiger partial charge in [0.15, 0.2) is 5.78 Å². The summed E-state index contributed by atoms with van der Waals surface area (Å²) in [5, 5.41) is 19.3. The van der Waals surface area contributed by atoms with Crippen LogP contribution in [-0.4, -0.2) is 28.2 Å². The standard InChI is InChI=1S/C14H22O3/c1-3-4-5-6-11(15)7-8-12-10(2)13(16)9-14(12)17/h7-8,11-12,14-15,17H,2-6,9H2,1H3/t11-,12+,14+/m0/s1. The largest absolute Gasteiger partial charge is 0.392 e. The highest BCUT2D eigenvalue weighted by molar-refractivity contribution is 5.98. The van der Waals surface area contributed by atoms with Crippen molar-refractivity contribution in [2.75, 3.05) is 0 Å². The lowest BCUT2D eigenvalue weighted by Crippen LogP contribution is -2.12. The van der Waals surface area contributed by atoms with Gasteiger partial charge in [-0.15, -0.1) is 0 Å². The smallest absolute Gasteiger partial charge is 0.161 e. The number of Topliss-reactive ketones (excluding diaryl/α,β-unsaturated/α-hetero) is 1. The van der Waals surface area contributed by atoms with E-state index in [0.717, 1.165) is 25.7 Å². The molecule has 3 atom stereocenters. The van der Waals surface area contributed by atoms with E-state index < -0.39 is 12.2 Å². The summed E-state index contributed by atoms with van der Waals surface area (Å²) in [6.07, 6.45) is 6.35. The first-order valence-corrected chi connectivity index (χ1v) is 6.32. The Morgan fingerprint density at radius 3 is 2.76 bits per heavy atom. The van der Waals surface area contributed by atoms with E-state index in [9.17, 15) is 15.0 Å². The Morgan fingerprint density at radius 1 is 1.53 bits per heavy atom. The molecular formula is C14H22O3. The van der Waals surface area contributed by atoms with Crippen LogP contribution in [0.1, 0.15) is 39.0 Å². The summed E-state index contributed by atoms with van der Waals surface area (Å²) in [6.45, 7) is 5.80. The van der Waals surface area contributed by atoms with Crippen LogP contribution in [0, 0.1) is 5.92 Å². The molecule has 0 aromatic heterocycles. The highest BCUT2D eigenvalue weighted by atomic mass is 16.3. The van der Waals surface area contributed by atoms with E-state index >= 15 is 0 Å². The van der Waals surface area contributed by atoms with Gasteiger partial charge >= 0.3 is 0 Å². The average Bonchev–Trinajstić information content (AvgIpc) is 2.51. The van der Waals surface area contributed by atoms with Gasteiger partial charge < -0.3 is 10.2 Å². The molecule has 3 nitrogen and oxygen atoms in total. The molecule has 0 unspecified atom stereocenters. The van der Waals surface area contributed by atoms with Crippen LogP contribution in [0.25, 0.3) is 0 Å². The van der Waals surface area contributed by atoms with Gasteiger partial charge in [0.25, 0.3) is 0 Å². The van der Waals surface area contributed by atoms with Crippen molar-refractivity contribution in [3.05, 3.63) is 24.3 Å². The summed E-state index contributed by atoms with van der Waals surface area (Å²) >= 11 is 0. The third-order valence-corrected chi connectivity index (χ3v) is 3.21. The molecule has 0 aromatic carbocycles. The minimum absolute atomic E-state index is 0.0763. The zero-order valence-electron chi connectivity index (χ0n) is 10.4. The number of hydrogen-bond acceptors (Lipinski definition) is 3. The number of carbonyl (C=O) groups is 1. The number of aliphatic hydroxyl groups is 2. The van der Waals surface area contributed by atoms with E-state index in [-0.39, 0.29) is 18.1 Å². The second-order valence-corrected chi connectivity index (χ2v) is 4.69. The lowest BCUT2D eigenvalue weighted by molar-refractivity contribution is -0.115. The van der Waals surface area contributed by atoms with Crippen LogP contribution in [-0.2, 0) is 4.79 Å². The molecular weight excluding hydrogens is 216 g/mol. The molecule has 17 heavy (non-hydrogen) atoms. The Labute approximate surface area is 103 Å². The third-order valence-electron chi connectivity index (χ3n) is 3.21. The molecule has 1 rings (SSSR count). The first-order chi connectivity index (χ1) is 8.06. The van der Waals surface area contributed by atoms with Gasteiger partial charge in [0.1, 0.15) is 0 Å². The molecule has 0 spiro atoms. The van der Waals surface area contributed by atoms with Crippen LogP contribution < -0.4 is 0 Å². The SMILES string of the molecule is C=C1C(=O)C[C@@H](O)[C@@H]1C=C[C@@H](O)CCCCC. The lowest BCUT2D eigenvalue weighted by Gasteiger charge is -2.10. The van der Waals surface area contributed by atoms with Crippen molar-refractivity contribution in [3.8, 4) is 0 Å². The van der Waals surface area contributed by atoms with Crippen LogP contribution in [0.4, 0.5) is 0 Å². The molecule has 0 aromatic rings. The van der Waals surface area contributed by atoms with E-state index in [1.54, 1.807) is 12.2 Å². The summed E-state index contributed by atoms with van der Waals surface area (Å²) < 4.78 is 0. The van der Waals surface area contributed by atoms with Crippen molar-refractivity contribution in [3.63, 3.8) is 0 Å². The summed E-state index contributed by atoms with van der Waals surface area (Å²) in [5.41, 5.74) is 0.453. The summed E-state index contributed by atoms with van der Waals surface area (Å²) in [7, 11) is 0. The fourth-order valence-electron chi connectivity index (χ4n) is 2.06. The Morgan fingerprint density at radius 2 is 2.24 bits per heavy atom. The molecule has 0 amide bonds. The number of hydrogen-bond donors (Lipinski definition) is 2. The van der Waals surface area contributed by atoms with Crippen molar-refractivity contribution >= 4 is 5.78 Å². The van der Waals surface area contributed by atoms with Crippen LogP contribution in [0.5, 0.6) is 0 Å². The monoisotopic (exact) mass is 238 g/mol. The fourth-order valence-corrected chi connectivity index (χ4v) is 2.06. The molecule has 0 saturated heterocycles. The van der Waals surface area contributed by atoms with Gasteiger partial charge in [0, 0.05) is 12.3 Å². The van der Waals surface area contributed by atoms with E-state index in [1.807, 2.05) is 0 Å². The first kappa shape index (κ1) is 14.1. The second kappa shape index (κ2) is 6.72. The Balaban J connectivity index is 2.42. The number of rotatable bonds is 6. The first-order valence-electron chi connectivity index (χ1n) is 6.32. The number of carbonyl (C=O) groups excluding carboxylic acids is 1. The Hall–Kier alpha value is -0.930. The Kier molecular flexibility index (Phi) is 5.59. The van der Waals surface area contributed by atoms with Gasteiger partial charge in [0.05, 0.1) is 12.2 Å². The third kappa shape index (κ3) is 4.10. The number of aliphatic hydroxyl groups excluding tert-OH is 2. The van der Waals surface area contributed by atoms with Gasteiger partial charge in [0.2, 0.25) is 0 Å². The van der Waals surface area contributed by atoms with Crippen molar-refractivity contribution in [2.45, 2.75) is 51.2 Å². The van der Waals surface area contributed by atoms with E-state index in [2.05, 4.69) is 13.5 Å². The van der Waals surface area contributed by atoms with Gasteiger partial charge in [-0.25, -0.2) is 0 Å². The molecule has 0 bridgehead atoms. The maximum Gasteiger partial charge on any atom is 0.161 e. The summed E-state index contributed by atoms with van der Waals surface area (Å²) in [5.74, 6) is -0.393. The lowest BCUT2D eigenvalue weighted by atomic mass is 10.00. The van der Waals surface area contributed by atoms with Crippen molar-refractivity contribution in [1.29, 1.82) is 0 Å². The molecule has 0 radical (unpaired) electrons.